The quantitative estimate of drug-likeness (QED) is 0.631. The van der Waals surface area contributed by atoms with Gasteiger partial charge >= 0.3 is 0 Å². The van der Waals surface area contributed by atoms with E-state index in [0.29, 0.717) is 0 Å². The Morgan fingerprint density at radius 2 is 1.90 bits per heavy atom. The molecule has 10 heavy (non-hydrogen) atoms. The summed E-state index contributed by atoms with van der Waals surface area (Å²) >= 11 is 0. The third-order valence-corrected chi connectivity index (χ3v) is 0.888. The molecule has 0 spiro atoms. The van der Waals surface area contributed by atoms with Crippen molar-refractivity contribution < 1.29 is 5.11 Å². The molecule has 2 nitrogen and oxygen atoms in total. The van der Waals surface area contributed by atoms with Crippen molar-refractivity contribution in [3.8, 4) is 0 Å². The summed E-state index contributed by atoms with van der Waals surface area (Å²) in [6.07, 6.45) is 1.58. The molecule has 0 bridgehead atoms. The van der Waals surface area contributed by atoms with Gasteiger partial charge in [0.1, 0.15) is 0 Å². The van der Waals surface area contributed by atoms with Gasteiger partial charge in [0.2, 0.25) is 0 Å². The second kappa shape index (κ2) is 6.62. The minimum absolute atomic E-state index is 0.124. The van der Waals surface area contributed by atoms with Crippen molar-refractivity contribution in [1.82, 2.24) is 5.32 Å². The van der Waals surface area contributed by atoms with Crippen LogP contribution in [-0.2, 0) is 0 Å². The molecule has 0 atom stereocenters. The van der Waals surface area contributed by atoms with Gasteiger partial charge < -0.3 is 10.4 Å². The van der Waals surface area contributed by atoms with E-state index in [4.69, 9.17) is 5.11 Å². The van der Waals surface area contributed by atoms with E-state index < -0.39 is 0 Å². The fraction of sp³-hybridized carbons (Fsp3) is 0.750. The van der Waals surface area contributed by atoms with Crippen molar-refractivity contribution in [2.45, 2.75) is 33.2 Å². The summed E-state index contributed by atoms with van der Waals surface area (Å²) in [5.74, 6) is 0. The number of nitrogens with one attached hydrogen (secondary N) is 1. The molecule has 0 aromatic heterocycles. The van der Waals surface area contributed by atoms with Crippen LogP contribution in [0.25, 0.3) is 0 Å². The van der Waals surface area contributed by atoms with E-state index in [1.165, 1.54) is 0 Å². The molecular formula is C8H19NO. The Bertz CT molecular complexity index is 79.3. The summed E-state index contributed by atoms with van der Waals surface area (Å²) < 4.78 is 0. The summed E-state index contributed by atoms with van der Waals surface area (Å²) in [4.78, 5) is 0. The molecule has 0 aromatic rings. The maximum Gasteiger partial charge on any atom is 0.0655 e. The van der Waals surface area contributed by atoms with E-state index in [9.17, 15) is 0 Å². The lowest BCUT2D eigenvalue weighted by atomic mass is 10.1. The average molecular weight is 145 g/mol. The first-order chi connectivity index (χ1) is 4.62. The predicted molar refractivity (Wildman–Crippen MR) is 45.8 cm³/mol. The Balaban J connectivity index is 0. The Labute approximate surface area is 64.0 Å². The maximum absolute atomic E-state index is 8.61. The third kappa shape index (κ3) is 7.50. The highest BCUT2D eigenvalue weighted by Gasteiger charge is 2.11. The van der Waals surface area contributed by atoms with Crippen LogP contribution in [0.5, 0.6) is 0 Å². The Morgan fingerprint density at radius 3 is 2.00 bits per heavy atom. The molecule has 0 aliphatic heterocycles. The summed E-state index contributed by atoms with van der Waals surface area (Å²) in [7, 11) is 0. The maximum atomic E-state index is 8.61. The third-order valence-electron chi connectivity index (χ3n) is 0.888. The second-order valence-electron chi connectivity index (χ2n) is 2.39. The standard InChI is InChI=1S/C6H13NO.C2H6/c1-4-7-6(2,3)5-8;1-2/h4,7-8H,1,5H2,2-3H3;1-2H3. The van der Waals surface area contributed by atoms with Crippen LogP contribution >= 0.6 is 0 Å². The van der Waals surface area contributed by atoms with Crippen molar-refractivity contribution in [1.29, 1.82) is 0 Å². The van der Waals surface area contributed by atoms with Gasteiger partial charge in [0, 0.05) is 0 Å². The van der Waals surface area contributed by atoms with Crippen molar-refractivity contribution in [3.05, 3.63) is 12.8 Å². The largest absolute Gasteiger partial charge is 0.394 e. The highest BCUT2D eigenvalue weighted by atomic mass is 16.3. The highest BCUT2D eigenvalue weighted by molar-refractivity contribution is 4.81. The van der Waals surface area contributed by atoms with E-state index in [1.807, 2.05) is 27.7 Å². The lowest BCUT2D eigenvalue weighted by Gasteiger charge is -2.21. The molecule has 0 aromatic carbocycles. The molecule has 0 aliphatic carbocycles. The molecular weight excluding hydrogens is 126 g/mol. The molecule has 0 unspecified atom stereocenters. The zero-order valence-electron chi connectivity index (χ0n) is 7.44. The average Bonchev–Trinajstić information content (AvgIpc) is 1.93. The van der Waals surface area contributed by atoms with Gasteiger partial charge in [0.15, 0.2) is 0 Å². The fourth-order valence-electron chi connectivity index (χ4n) is 0.322. The Morgan fingerprint density at radius 1 is 1.50 bits per heavy atom. The van der Waals surface area contributed by atoms with E-state index >= 15 is 0 Å². The van der Waals surface area contributed by atoms with Gasteiger partial charge in [-0.15, -0.1) is 0 Å². The van der Waals surface area contributed by atoms with Gasteiger partial charge in [-0.2, -0.15) is 0 Å². The molecule has 0 heterocycles. The highest BCUT2D eigenvalue weighted by Crippen LogP contribution is 1.97. The number of aliphatic hydroxyl groups excluding tert-OH is 1. The number of hydrogen-bond donors (Lipinski definition) is 2. The molecule has 0 aliphatic rings. The second-order valence-corrected chi connectivity index (χ2v) is 2.39. The lowest BCUT2D eigenvalue weighted by molar-refractivity contribution is 0.202. The molecule has 0 amide bonds. The van der Waals surface area contributed by atoms with Crippen molar-refractivity contribution in [2.75, 3.05) is 6.61 Å². The summed E-state index contributed by atoms with van der Waals surface area (Å²) in [6.45, 7) is 11.4. The topological polar surface area (TPSA) is 32.3 Å². The SMILES string of the molecule is C=CNC(C)(C)CO.CC. The van der Waals surface area contributed by atoms with Gasteiger partial charge in [-0.1, -0.05) is 20.4 Å². The first kappa shape index (κ1) is 12.2. The van der Waals surface area contributed by atoms with Gasteiger partial charge in [0.05, 0.1) is 12.1 Å². The molecule has 0 rings (SSSR count). The lowest BCUT2D eigenvalue weighted by Crippen LogP contribution is -2.38. The molecule has 0 saturated carbocycles. The predicted octanol–water partition coefficient (Wildman–Crippen LogP) is 1.52. The van der Waals surface area contributed by atoms with Gasteiger partial charge in [-0.05, 0) is 20.0 Å². The van der Waals surface area contributed by atoms with Crippen LogP contribution < -0.4 is 5.32 Å². The summed E-state index contributed by atoms with van der Waals surface area (Å²) in [5.41, 5.74) is -0.220. The van der Waals surface area contributed by atoms with Crippen molar-refractivity contribution >= 4 is 0 Å². The van der Waals surface area contributed by atoms with Crippen LogP contribution in [0, 0.1) is 0 Å². The van der Waals surface area contributed by atoms with E-state index in [-0.39, 0.29) is 12.1 Å². The van der Waals surface area contributed by atoms with Gasteiger partial charge in [-0.3, -0.25) is 0 Å². The van der Waals surface area contributed by atoms with Crippen LogP contribution in [0.15, 0.2) is 12.8 Å². The van der Waals surface area contributed by atoms with E-state index in [0.717, 1.165) is 0 Å². The Hall–Kier alpha value is -0.500. The molecule has 2 heteroatoms. The first-order valence-corrected chi connectivity index (χ1v) is 3.62. The normalized spacial score (nSPS) is 9.30. The Kier molecular flexibility index (Phi) is 8.07. The van der Waals surface area contributed by atoms with Gasteiger partial charge in [-0.25, -0.2) is 0 Å². The molecule has 0 saturated heterocycles. The molecule has 2 N–H and O–H groups in total. The summed E-state index contributed by atoms with van der Waals surface area (Å²) in [6, 6.07) is 0. The number of rotatable bonds is 3. The van der Waals surface area contributed by atoms with Crippen molar-refractivity contribution in [2.24, 2.45) is 0 Å². The van der Waals surface area contributed by atoms with Crippen LogP contribution in [0.4, 0.5) is 0 Å². The molecule has 62 valence electrons. The smallest absolute Gasteiger partial charge is 0.0655 e. The molecule has 0 radical (unpaired) electrons. The summed E-state index contributed by atoms with van der Waals surface area (Å²) in [5, 5.41) is 11.5. The van der Waals surface area contributed by atoms with E-state index in [2.05, 4.69) is 11.9 Å². The molecule has 0 fully saturated rings. The monoisotopic (exact) mass is 145 g/mol. The zero-order valence-corrected chi connectivity index (χ0v) is 7.44. The van der Waals surface area contributed by atoms with E-state index in [1.54, 1.807) is 6.20 Å². The fourth-order valence-corrected chi connectivity index (χ4v) is 0.322. The van der Waals surface area contributed by atoms with Crippen molar-refractivity contribution in [3.63, 3.8) is 0 Å². The minimum Gasteiger partial charge on any atom is -0.394 e. The number of aliphatic hydroxyl groups is 1. The number of hydrogen-bond acceptors (Lipinski definition) is 2. The first-order valence-electron chi connectivity index (χ1n) is 3.62. The minimum atomic E-state index is -0.220. The van der Waals surface area contributed by atoms with Crippen LogP contribution in [-0.4, -0.2) is 17.3 Å². The van der Waals surface area contributed by atoms with Gasteiger partial charge in [0.25, 0.3) is 0 Å². The van der Waals surface area contributed by atoms with Crippen LogP contribution in [0.3, 0.4) is 0 Å². The van der Waals surface area contributed by atoms with Crippen LogP contribution in [0.1, 0.15) is 27.7 Å². The van der Waals surface area contributed by atoms with Crippen LogP contribution in [0.2, 0.25) is 0 Å². The zero-order chi connectivity index (χ0) is 8.62.